The van der Waals surface area contributed by atoms with Crippen LogP contribution in [0.3, 0.4) is 0 Å². The van der Waals surface area contributed by atoms with Gasteiger partial charge in [-0.3, -0.25) is 4.79 Å². The summed E-state index contributed by atoms with van der Waals surface area (Å²) in [4.78, 5) is 14.4. The molecule has 1 saturated carbocycles. The van der Waals surface area contributed by atoms with E-state index in [-0.39, 0.29) is 35.0 Å². The molecular weight excluding hydrogens is 367 g/mol. The third kappa shape index (κ3) is 4.15. The van der Waals surface area contributed by atoms with E-state index < -0.39 is 21.6 Å². The molecule has 2 fully saturated rings. The topological polar surface area (TPSA) is 80.5 Å². The van der Waals surface area contributed by atoms with E-state index in [0.29, 0.717) is 24.9 Å². The number of amides is 1. The second-order valence-corrected chi connectivity index (χ2v) is 9.08. The minimum absolute atomic E-state index is 0. The molecule has 1 aliphatic carbocycles. The largest absolute Gasteiger partial charge is 0.342 e. The van der Waals surface area contributed by atoms with Crippen LogP contribution in [0.25, 0.3) is 0 Å². The molecule has 1 aromatic rings. The van der Waals surface area contributed by atoms with Crippen molar-refractivity contribution in [3.63, 3.8) is 0 Å². The van der Waals surface area contributed by atoms with Crippen LogP contribution in [0.2, 0.25) is 0 Å². The van der Waals surface area contributed by atoms with Crippen molar-refractivity contribution in [2.24, 2.45) is 23.5 Å². The summed E-state index contributed by atoms with van der Waals surface area (Å²) in [5.74, 6) is -0.731. The van der Waals surface area contributed by atoms with Gasteiger partial charge >= 0.3 is 0 Å². The minimum Gasteiger partial charge on any atom is -0.342 e. The van der Waals surface area contributed by atoms with Crippen molar-refractivity contribution in [2.45, 2.75) is 30.7 Å². The highest BCUT2D eigenvalue weighted by Crippen LogP contribution is 2.37. The molecule has 0 spiro atoms. The van der Waals surface area contributed by atoms with Gasteiger partial charge in [0, 0.05) is 25.0 Å². The van der Waals surface area contributed by atoms with Crippen LogP contribution in [0.4, 0.5) is 4.39 Å². The standard InChI is InChI=1S/C17H23FN2O3S.ClH/c1-11(10-24(22,23)14-5-3-13(18)4-6-14)17(21)20-8-12-2-7-16(19)15(12)9-20;/h3-6,11-12,15-16H,2,7-10,19H2,1H3;1H. The highest BCUT2D eigenvalue weighted by molar-refractivity contribution is 7.91. The van der Waals surface area contributed by atoms with Crippen LogP contribution in [0, 0.1) is 23.6 Å². The van der Waals surface area contributed by atoms with Crippen molar-refractivity contribution in [3.8, 4) is 0 Å². The van der Waals surface area contributed by atoms with Crippen molar-refractivity contribution in [1.29, 1.82) is 0 Å². The highest BCUT2D eigenvalue weighted by atomic mass is 35.5. The number of nitrogens with zero attached hydrogens (tertiary/aromatic N) is 1. The zero-order chi connectivity index (χ0) is 17.5. The second kappa shape index (κ2) is 7.60. The van der Waals surface area contributed by atoms with Gasteiger partial charge in [-0.2, -0.15) is 0 Å². The molecule has 1 amide bonds. The molecule has 25 heavy (non-hydrogen) atoms. The van der Waals surface area contributed by atoms with E-state index in [1.54, 1.807) is 11.8 Å². The van der Waals surface area contributed by atoms with E-state index in [9.17, 15) is 17.6 Å². The van der Waals surface area contributed by atoms with Gasteiger partial charge in [0.05, 0.1) is 10.6 Å². The Balaban J connectivity index is 0.00000225. The molecule has 0 bridgehead atoms. The van der Waals surface area contributed by atoms with Crippen molar-refractivity contribution >= 4 is 28.2 Å². The van der Waals surface area contributed by atoms with Gasteiger partial charge in [0.15, 0.2) is 9.84 Å². The summed E-state index contributed by atoms with van der Waals surface area (Å²) in [6.45, 7) is 2.95. The molecule has 1 saturated heterocycles. The smallest absolute Gasteiger partial charge is 0.226 e. The monoisotopic (exact) mass is 390 g/mol. The Labute approximate surface area is 154 Å². The lowest BCUT2D eigenvalue weighted by Gasteiger charge is -2.22. The third-order valence-electron chi connectivity index (χ3n) is 5.29. The van der Waals surface area contributed by atoms with E-state index in [1.807, 2.05) is 0 Å². The first-order valence-electron chi connectivity index (χ1n) is 8.30. The Hall–Kier alpha value is -1.18. The molecule has 4 unspecified atom stereocenters. The maximum absolute atomic E-state index is 12.9. The molecule has 4 atom stereocenters. The van der Waals surface area contributed by atoms with Crippen molar-refractivity contribution in [3.05, 3.63) is 30.1 Å². The van der Waals surface area contributed by atoms with Gasteiger partial charge in [-0.1, -0.05) is 6.92 Å². The zero-order valence-corrected chi connectivity index (χ0v) is 15.7. The van der Waals surface area contributed by atoms with Gasteiger partial charge < -0.3 is 10.6 Å². The van der Waals surface area contributed by atoms with E-state index in [0.717, 1.165) is 25.0 Å². The number of benzene rings is 1. The molecule has 140 valence electrons. The molecule has 1 aliphatic heterocycles. The molecule has 0 aromatic heterocycles. The maximum Gasteiger partial charge on any atom is 0.226 e. The van der Waals surface area contributed by atoms with Crippen molar-refractivity contribution < 1.29 is 17.6 Å². The van der Waals surface area contributed by atoms with E-state index in [4.69, 9.17) is 5.73 Å². The van der Waals surface area contributed by atoms with Crippen LogP contribution >= 0.6 is 12.4 Å². The number of nitrogens with two attached hydrogens (primary N) is 1. The first kappa shape index (κ1) is 20.1. The molecule has 1 heterocycles. The van der Waals surface area contributed by atoms with Crippen LogP contribution in [0.5, 0.6) is 0 Å². The Morgan fingerprint density at radius 3 is 2.52 bits per heavy atom. The maximum atomic E-state index is 12.9. The lowest BCUT2D eigenvalue weighted by atomic mass is 9.98. The summed E-state index contributed by atoms with van der Waals surface area (Å²) >= 11 is 0. The summed E-state index contributed by atoms with van der Waals surface area (Å²) in [7, 11) is -3.62. The fourth-order valence-corrected chi connectivity index (χ4v) is 5.48. The minimum atomic E-state index is -3.62. The number of rotatable bonds is 4. The average molecular weight is 391 g/mol. The quantitative estimate of drug-likeness (QED) is 0.795. The van der Waals surface area contributed by atoms with Gasteiger partial charge in [0.25, 0.3) is 0 Å². The van der Waals surface area contributed by atoms with E-state index in [1.165, 1.54) is 12.1 Å². The Kier molecular flexibility index (Phi) is 6.12. The van der Waals surface area contributed by atoms with Crippen LogP contribution in [-0.2, 0) is 14.6 Å². The number of hydrogen-bond donors (Lipinski definition) is 1. The van der Waals surface area contributed by atoms with Gasteiger partial charge in [-0.25, -0.2) is 12.8 Å². The fraction of sp³-hybridized carbons (Fsp3) is 0.588. The summed E-state index contributed by atoms with van der Waals surface area (Å²) in [5.41, 5.74) is 6.08. The van der Waals surface area contributed by atoms with Gasteiger partial charge in [0.2, 0.25) is 5.91 Å². The molecule has 5 nitrogen and oxygen atoms in total. The van der Waals surface area contributed by atoms with Crippen molar-refractivity contribution in [2.75, 3.05) is 18.8 Å². The summed E-state index contributed by atoms with van der Waals surface area (Å²) in [6, 6.07) is 4.85. The Bertz CT molecular complexity index is 726. The number of carbonyl (C=O) groups excluding carboxylic acids is 1. The molecule has 3 rings (SSSR count). The van der Waals surface area contributed by atoms with Crippen molar-refractivity contribution in [1.82, 2.24) is 4.90 Å². The fourth-order valence-electron chi connectivity index (χ4n) is 3.94. The number of likely N-dealkylation sites (tertiary alicyclic amines) is 1. The van der Waals surface area contributed by atoms with Crippen LogP contribution in [0.15, 0.2) is 29.2 Å². The Morgan fingerprint density at radius 1 is 1.28 bits per heavy atom. The van der Waals surface area contributed by atoms with E-state index in [2.05, 4.69) is 0 Å². The highest BCUT2D eigenvalue weighted by Gasteiger charge is 2.43. The predicted octanol–water partition coefficient (Wildman–Crippen LogP) is 1.85. The number of halogens is 2. The normalized spacial score (nSPS) is 26.8. The lowest BCUT2D eigenvalue weighted by molar-refractivity contribution is -0.133. The first-order chi connectivity index (χ1) is 11.3. The lowest BCUT2D eigenvalue weighted by Crippen LogP contribution is -2.38. The number of hydrogen-bond acceptors (Lipinski definition) is 4. The summed E-state index contributed by atoms with van der Waals surface area (Å²) < 4.78 is 37.8. The molecule has 0 radical (unpaired) electrons. The van der Waals surface area contributed by atoms with Crippen LogP contribution in [0.1, 0.15) is 19.8 Å². The molecule has 2 aliphatic rings. The van der Waals surface area contributed by atoms with Gasteiger partial charge in [-0.05, 0) is 48.9 Å². The van der Waals surface area contributed by atoms with Crippen LogP contribution in [-0.4, -0.2) is 44.1 Å². The summed E-state index contributed by atoms with van der Waals surface area (Å²) in [5, 5.41) is 0. The number of fused-ring (bicyclic) bond motifs is 1. The molecule has 2 N–H and O–H groups in total. The molecular formula is C17H24ClFN2O3S. The predicted molar refractivity (Wildman–Crippen MR) is 95.6 cm³/mol. The average Bonchev–Trinajstić information content (AvgIpc) is 3.09. The second-order valence-electron chi connectivity index (χ2n) is 7.04. The van der Waals surface area contributed by atoms with Gasteiger partial charge in [0.1, 0.15) is 5.82 Å². The third-order valence-corrected chi connectivity index (χ3v) is 7.22. The number of carbonyl (C=O) groups is 1. The Morgan fingerprint density at radius 2 is 1.92 bits per heavy atom. The summed E-state index contributed by atoms with van der Waals surface area (Å²) in [6.07, 6.45) is 2.05. The number of sulfone groups is 1. The first-order valence-corrected chi connectivity index (χ1v) is 9.96. The van der Waals surface area contributed by atoms with Gasteiger partial charge in [-0.15, -0.1) is 12.4 Å². The SMILES string of the molecule is CC(CS(=O)(=O)c1ccc(F)cc1)C(=O)N1CC2CCC(N)C2C1.Cl. The zero-order valence-electron chi connectivity index (χ0n) is 14.1. The molecule has 1 aromatic carbocycles. The van der Waals surface area contributed by atoms with E-state index >= 15 is 0 Å². The molecule has 8 heteroatoms. The van der Waals surface area contributed by atoms with Crippen LogP contribution < -0.4 is 5.73 Å².